The van der Waals surface area contributed by atoms with Crippen LogP contribution in [0.2, 0.25) is 15.1 Å². The number of carbonyl (C=O) groups excluding carboxylic acids is 1. The van der Waals surface area contributed by atoms with Crippen LogP contribution in [0.15, 0.2) is 24.4 Å². The van der Waals surface area contributed by atoms with Crippen molar-refractivity contribution in [3.8, 4) is 5.75 Å². The minimum atomic E-state index is -0.568. The van der Waals surface area contributed by atoms with Crippen LogP contribution < -0.4 is 10.2 Å². The molecular weight excluding hydrogens is 401 g/mol. The number of phenolic OH excluding ortho intramolecular Hbond substituents is 1. The van der Waals surface area contributed by atoms with Crippen LogP contribution in [-0.4, -0.2) is 42.3 Å². The Morgan fingerprint density at radius 3 is 2.69 bits per heavy atom. The lowest BCUT2D eigenvalue weighted by atomic mass is 10.1. The summed E-state index contributed by atoms with van der Waals surface area (Å²) in [4.78, 5) is 18.9. The number of benzene rings is 1. The number of aromatic nitrogens is 1. The maximum absolute atomic E-state index is 12.4. The molecule has 0 spiro atoms. The van der Waals surface area contributed by atoms with Gasteiger partial charge in [0.15, 0.2) is 0 Å². The SMILES string of the molecule is O=C(NCc1ccnc(N2CCOCC2)c1)c1c(O)c(Cl)cc(Cl)c1Cl. The highest BCUT2D eigenvalue weighted by Crippen LogP contribution is 2.38. The van der Waals surface area contributed by atoms with Gasteiger partial charge in [-0.2, -0.15) is 0 Å². The van der Waals surface area contributed by atoms with Crippen LogP contribution in [0, 0.1) is 0 Å². The van der Waals surface area contributed by atoms with E-state index in [9.17, 15) is 9.90 Å². The maximum atomic E-state index is 12.4. The van der Waals surface area contributed by atoms with Crippen molar-refractivity contribution < 1.29 is 14.6 Å². The molecule has 1 aromatic carbocycles. The number of halogens is 3. The monoisotopic (exact) mass is 415 g/mol. The van der Waals surface area contributed by atoms with Crippen molar-refractivity contribution in [3.05, 3.63) is 50.6 Å². The second-order valence-electron chi connectivity index (χ2n) is 5.68. The quantitative estimate of drug-likeness (QED) is 0.746. The van der Waals surface area contributed by atoms with Gasteiger partial charge in [0.25, 0.3) is 5.91 Å². The zero-order valence-corrected chi connectivity index (χ0v) is 15.9. The van der Waals surface area contributed by atoms with Crippen molar-refractivity contribution in [3.63, 3.8) is 0 Å². The van der Waals surface area contributed by atoms with Gasteiger partial charge < -0.3 is 20.1 Å². The third-order valence-electron chi connectivity index (χ3n) is 3.97. The molecule has 2 N–H and O–H groups in total. The highest BCUT2D eigenvalue weighted by molar-refractivity contribution is 6.45. The second kappa shape index (κ2) is 8.31. The molecule has 1 fully saturated rings. The molecule has 26 heavy (non-hydrogen) atoms. The average Bonchev–Trinajstić information content (AvgIpc) is 2.66. The molecule has 1 aliphatic heterocycles. The standard InChI is InChI=1S/C17H16Cl3N3O3/c18-11-8-12(19)16(24)14(15(11)20)17(25)22-9-10-1-2-21-13(7-10)23-3-5-26-6-4-23/h1-2,7-8,24H,3-6,9H2,(H,22,25). The van der Waals surface area contributed by atoms with Gasteiger partial charge in [0.1, 0.15) is 17.1 Å². The highest BCUT2D eigenvalue weighted by Gasteiger charge is 2.21. The summed E-state index contributed by atoms with van der Waals surface area (Å²) in [5, 5.41) is 12.7. The molecule has 0 bridgehead atoms. The van der Waals surface area contributed by atoms with Gasteiger partial charge >= 0.3 is 0 Å². The Morgan fingerprint density at radius 1 is 1.23 bits per heavy atom. The number of rotatable bonds is 4. The van der Waals surface area contributed by atoms with Gasteiger partial charge in [0.2, 0.25) is 0 Å². The van der Waals surface area contributed by atoms with E-state index in [4.69, 9.17) is 39.5 Å². The number of morpholine rings is 1. The van der Waals surface area contributed by atoms with Gasteiger partial charge in [0, 0.05) is 25.8 Å². The molecule has 1 aromatic heterocycles. The van der Waals surface area contributed by atoms with Crippen molar-refractivity contribution in [2.45, 2.75) is 6.54 Å². The second-order valence-corrected chi connectivity index (χ2v) is 6.87. The topological polar surface area (TPSA) is 74.7 Å². The molecule has 0 saturated carbocycles. The zero-order chi connectivity index (χ0) is 18.7. The number of carbonyl (C=O) groups is 1. The first kappa shape index (κ1) is 19.0. The molecule has 1 saturated heterocycles. The molecule has 0 atom stereocenters. The summed E-state index contributed by atoms with van der Waals surface area (Å²) >= 11 is 17.8. The normalized spacial score (nSPS) is 14.3. The molecule has 3 rings (SSSR count). The predicted molar refractivity (Wildman–Crippen MR) is 102 cm³/mol. The van der Waals surface area contributed by atoms with Gasteiger partial charge in [-0.15, -0.1) is 0 Å². The van der Waals surface area contributed by atoms with Gasteiger partial charge in [-0.05, 0) is 23.8 Å². The van der Waals surface area contributed by atoms with E-state index in [1.807, 2.05) is 6.07 Å². The molecule has 1 amide bonds. The van der Waals surface area contributed by atoms with Crippen LogP contribution in [0.25, 0.3) is 0 Å². The number of hydrogen-bond donors (Lipinski definition) is 2. The molecule has 2 heterocycles. The minimum absolute atomic E-state index is 0.0388. The van der Waals surface area contributed by atoms with E-state index in [0.29, 0.717) is 13.2 Å². The number of phenols is 1. The van der Waals surface area contributed by atoms with Crippen molar-refractivity contribution >= 4 is 46.5 Å². The molecule has 2 aromatic rings. The predicted octanol–water partition coefficient (Wildman–Crippen LogP) is 3.51. The number of aromatic hydroxyl groups is 1. The van der Waals surface area contributed by atoms with Crippen LogP contribution in [0.1, 0.15) is 15.9 Å². The molecule has 0 radical (unpaired) electrons. The van der Waals surface area contributed by atoms with Crippen molar-refractivity contribution in [2.75, 3.05) is 31.2 Å². The summed E-state index contributed by atoms with van der Waals surface area (Å²) in [5.41, 5.74) is 0.713. The Morgan fingerprint density at radius 2 is 1.96 bits per heavy atom. The summed E-state index contributed by atoms with van der Waals surface area (Å²) < 4.78 is 5.34. The molecule has 0 aliphatic carbocycles. The van der Waals surface area contributed by atoms with E-state index in [-0.39, 0.29) is 27.2 Å². The zero-order valence-electron chi connectivity index (χ0n) is 13.6. The van der Waals surface area contributed by atoms with Crippen molar-refractivity contribution in [1.29, 1.82) is 0 Å². The Bertz CT molecular complexity index is 800. The smallest absolute Gasteiger partial charge is 0.256 e. The Balaban J connectivity index is 1.72. The number of nitrogens with zero attached hydrogens (tertiary/aromatic N) is 2. The van der Waals surface area contributed by atoms with Crippen LogP contribution >= 0.6 is 34.8 Å². The molecular formula is C17H16Cl3N3O3. The van der Waals surface area contributed by atoms with E-state index in [1.165, 1.54) is 6.07 Å². The first-order valence-electron chi connectivity index (χ1n) is 7.89. The molecule has 9 heteroatoms. The summed E-state index contributed by atoms with van der Waals surface area (Å²) in [5.74, 6) is -0.143. The number of nitrogens with one attached hydrogen (secondary N) is 1. The highest BCUT2D eigenvalue weighted by atomic mass is 35.5. The number of ether oxygens (including phenoxy) is 1. The van der Waals surface area contributed by atoms with E-state index >= 15 is 0 Å². The average molecular weight is 417 g/mol. The molecule has 6 nitrogen and oxygen atoms in total. The van der Waals surface area contributed by atoms with Crippen molar-refractivity contribution in [2.24, 2.45) is 0 Å². The van der Waals surface area contributed by atoms with Gasteiger partial charge in [-0.25, -0.2) is 4.98 Å². The third kappa shape index (κ3) is 4.15. The fourth-order valence-corrected chi connectivity index (χ4v) is 3.29. The number of amides is 1. The third-order valence-corrected chi connectivity index (χ3v) is 5.05. The van der Waals surface area contributed by atoms with E-state index in [2.05, 4.69) is 15.2 Å². The molecule has 0 unspecified atom stereocenters. The lowest BCUT2D eigenvalue weighted by molar-refractivity contribution is 0.0948. The Labute approximate surface area is 165 Å². The van der Waals surface area contributed by atoms with E-state index in [0.717, 1.165) is 24.5 Å². The largest absolute Gasteiger partial charge is 0.505 e. The Hall–Kier alpha value is -1.73. The van der Waals surface area contributed by atoms with Gasteiger partial charge in [0.05, 0.1) is 28.3 Å². The number of pyridine rings is 1. The van der Waals surface area contributed by atoms with E-state index in [1.54, 1.807) is 12.3 Å². The lowest BCUT2D eigenvalue weighted by Gasteiger charge is -2.28. The van der Waals surface area contributed by atoms with Crippen LogP contribution in [0.3, 0.4) is 0 Å². The van der Waals surface area contributed by atoms with Crippen LogP contribution in [-0.2, 0) is 11.3 Å². The van der Waals surface area contributed by atoms with Crippen LogP contribution in [0.4, 0.5) is 5.82 Å². The first-order chi connectivity index (χ1) is 12.5. The van der Waals surface area contributed by atoms with E-state index < -0.39 is 11.7 Å². The fourth-order valence-electron chi connectivity index (χ4n) is 2.60. The number of anilines is 1. The summed E-state index contributed by atoms with van der Waals surface area (Å²) in [7, 11) is 0. The van der Waals surface area contributed by atoms with Gasteiger partial charge in [-0.3, -0.25) is 4.79 Å². The molecule has 138 valence electrons. The fraction of sp³-hybridized carbons (Fsp3) is 0.294. The van der Waals surface area contributed by atoms with Gasteiger partial charge in [-0.1, -0.05) is 34.8 Å². The maximum Gasteiger partial charge on any atom is 0.256 e. The lowest BCUT2D eigenvalue weighted by Crippen LogP contribution is -2.36. The van der Waals surface area contributed by atoms with Crippen LogP contribution in [0.5, 0.6) is 5.75 Å². The van der Waals surface area contributed by atoms with Crippen molar-refractivity contribution in [1.82, 2.24) is 10.3 Å². The Kier molecular flexibility index (Phi) is 6.09. The number of hydrogen-bond acceptors (Lipinski definition) is 5. The minimum Gasteiger partial charge on any atom is -0.505 e. The summed E-state index contributed by atoms with van der Waals surface area (Å²) in [6, 6.07) is 4.99. The molecule has 1 aliphatic rings. The summed E-state index contributed by atoms with van der Waals surface area (Å²) in [6.45, 7) is 3.10. The summed E-state index contributed by atoms with van der Waals surface area (Å²) in [6.07, 6.45) is 1.69. The first-order valence-corrected chi connectivity index (χ1v) is 9.03.